The van der Waals surface area contributed by atoms with Crippen LogP contribution in [-0.2, 0) is 7.05 Å². The van der Waals surface area contributed by atoms with E-state index >= 15 is 0 Å². The number of nitrogens with zero attached hydrogens (tertiary/aromatic N) is 2. The molecule has 84 valence electrons. The molecule has 0 radical (unpaired) electrons. The van der Waals surface area contributed by atoms with Crippen molar-refractivity contribution in [3.63, 3.8) is 0 Å². The van der Waals surface area contributed by atoms with Crippen LogP contribution < -0.4 is 5.73 Å². The number of aryl methyl sites for hydroxylation is 1. The topological polar surface area (TPSA) is 64.1 Å². The molecule has 3 N–H and O–H groups in total. The molecular weight excluding hydrogens is 226 g/mol. The van der Waals surface area contributed by atoms with Gasteiger partial charge in [-0.3, -0.25) is 4.68 Å². The molecule has 1 aromatic carbocycles. The van der Waals surface area contributed by atoms with Gasteiger partial charge in [0, 0.05) is 29.5 Å². The fourth-order valence-electron chi connectivity index (χ4n) is 1.53. The first kappa shape index (κ1) is 11.0. The average Bonchev–Trinajstić information content (AvgIpc) is 2.64. The van der Waals surface area contributed by atoms with Crippen LogP contribution in [0.2, 0.25) is 5.02 Å². The van der Waals surface area contributed by atoms with Crippen molar-refractivity contribution in [1.29, 1.82) is 0 Å². The first-order chi connectivity index (χ1) is 7.58. The van der Waals surface area contributed by atoms with Gasteiger partial charge in [0.05, 0.1) is 5.69 Å². The lowest BCUT2D eigenvalue weighted by Gasteiger charge is -2.11. The number of benzene rings is 1. The van der Waals surface area contributed by atoms with Gasteiger partial charge in [0.1, 0.15) is 6.10 Å². The van der Waals surface area contributed by atoms with Gasteiger partial charge in [-0.05, 0) is 18.2 Å². The number of anilines is 1. The van der Waals surface area contributed by atoms with Gasteiger partial charge >= 0.3 is 0 Å². The van der Waals surface area contributed by atoms with E-state index in [-0.39, 0.29) is 0 Å². The van der Waals surface area contributed by atoms with Gasteiger partial charge in [-0.25, -0.2) is 0 Å². The Kier molecular flexibility index (Phi) is 2.85. The lowest BCUT2D eigenvalue weighted by Crippen LogP contribution is -2.05. The molecule has 0 aliphatic carbocycles. The number of halogens is 1. The Bertz CT molecular complexity index is 510. The second-order valence-electron chi connectivity index (χ2n) is 3.59. The molecule has 1 atom stereocenters. The van der Waals surface area contributed by atoms with Crippen molar-refractivity contribution >= 4 is 17.3 Å². The van der Waals surface area contributed by atoms with Crippen molar-refractivity contribution in [3.05, 3.63) is 46.7 Å². The lowest BCUT2D eigenvalue weighted by molar-refractivity contribution is 0.215. The number of aliphatic hydroxyl groups excluding tert-OH is 1. The Hall–Kier alpha value is -1.52. The van der Waals surface area contributed by atoms with Crippen molar-refractivity contribution in [2.45, 2.75) is 6.10 Å². The third-order valence-electron chi connectivity index (χ3n) is 2.36. The molecule has 16 heavy (non-hydrogen) atoms. The minimum absolute atomic E-state index is 0.464. The Morgan fingerprint density at radius 3 is 2.75 bits per heavy atom. The average molecular weight is 238 g/mol. The number of rotatable bonds is 2. The normalized spacial score (nSPS) is 12.7. The van der Waals surface area contributed by atoms with E-state index in [1.54, 1.807) is 42.2 Å². The standard InChI is InChI=1S/C11H12ClN3O/c1-15-5-4-10(14-15)11(16)8-3-2-7(12)6-9(8)13/h2-6,11,16H,13H2,1H3. The van der Waals surface area contributed by atoms with Crippen molar-refractivity contribution < 1.29 is 5.11 Å². The van der Waals surface area contributed by atoms with Crippen LogP contribution in [0.4, 0.5) is 5.69 Å². The molecular formula is C11H12ClN3O. The largest absolute Gasteiger partial charge is 0.398 e. The van der Waals surface area contributed by atoms with Crippen LogP contribution in [0.5, 0.6) is 0 Å². The lowest BCUT2D eigenvalue weighted by atomic mass is 10.1. The zero-order chi connectivity index (χ0) is 11.7. The molecule has 0 bridgehead atoms. The Balaban J connectivity index is 2.37. The smallest absolute Gasteiger partial charge is 0.125 e. The molecule has 0 spiro atoms. The summed E-state index contributed by atoms with van der Waals surface area (Å²) in [4.78, 5) is 0. The molecule has 0 fully saturated rings. The Labute approximate surface area is 98.3 Å². The van der Waals surface area contributed by atoms with E-state index in [4.69, 9.17) is 17.3 Å². The predicted molar refractivity (Wildman–Crippen MR) is 63.1 cm³/mol. The zero-order valence-corrected chi connectivity index (χ0v) is 9.52. The van der Waals surface area contributed by atoms with Gasteiger partial charge in [-0.1, -0.05) is 17.7 Å². The van der Waals surface area contributed by atoms with Crippen molar-refractivity contribution in [2.75, 3.05) is 5.73 Å². The van der Waals surface area contributed by atoms with Crippen molar-refractivity contribution in [3.8, 4) is 0 Å². The van der Waals surface area contributed by atoms with Crippen LogP contribution in [0.3, 0.4) is 0 Å². The zero-order valence-electron chi connectivity index (χ0n) is 8.76. The maximum absolute atomic E-state index is 10.1. The first-order valence-electron chi connectivity index (χ1n) is 4.80. The van der Waals surface area contributed by atoms with Gasteiger partial charge < -0.3 is 10.8 Å². The van der Waals surface area contributed by atoms with E-state index in [0.717, 1.165) is 0 Å². The summed E-state index contributed by atoms with van der Waals surface area (Å²) in [6.45, 7) is 0. The van der Waals surface area contributed by atoms with E-state index < -0.39 is 6.10 Å². The summed E-state index contributed by atoms with van der Waals surface area (Å²) in [5, 5.41) is 14.8. The van der Waals surface area contributed by atoms with Crippen LogP contribution >= 0.6 is 11.6 Å². The molecule has 1 aromatic heterocycles. The molecule has 5 heteroatoms. The molecule has 4 nitrogen and oxygen atoms in total. The highest BCUT2D eigenvalue weighted by Gasteiger charge is 2.15. The molecule has 2 aromatic rings. The molecule has 0 amide bonds. The van der Waals surface area contributed by atoms with E-state index in [9.17, 15) is 5.11 Å². The highest BCUT2D eigenvalue weighted by atomic mass is 35.5. The van der Waals surface area contributed by atoms with Crippen LogP contribution in [0.1, 0.15) is 17.4 Å². The summed E-state index contributed by atoms with van der Waals surface area (Å²) in [6, 6.07) is 6.76. The monoisotopic (exact) mass is 237 g/mol. The maximum Gasteiger partial charge on any atom is 0.125 e. The Morgan fingerprint density at radius 2 is 2.19 bits per heavy atom. The Morgan fingerprint density at radius 1 is 1.44 bits per heavy atom. The maximum atomic E-state index is 10.1. The minimum atomic E-state index is -0.821. The third kappa shape index (κ3) is 2.03. The van der Waals surface area contributed by atoms with E-state index in [1.807, 2.05) is 0 Å². The quantitative estimate of drug-likeness (QED) is 0.782. The number of nitrogen functional groups attached to an aromatic ring is 1. The van der Waals surface area contributed by atoms with Gasteiger partial charge in [0.15, 0.2) is 0 Å². The molecule has 1 heterocycles. The van der Waals surface area contributed by atoms with Crippen LogP contribution in [0.25, 0.3) is 0 Å². The summed E-state index contributed by atoms with van der Waals surface area (Å²) in [5.41, 5.74) is 7.43. The molecule has 0 saturated heterocycles. The molecule has 2 rings (SSSR count). The number of aromatic nitrogens is 2. The van der Waals surface area contributed by atoms with Gasteiger partial charge in [-0.15, -0.1) is 0 Å². The molecule has 1 unspecified atom stereocenters. The summed E-state index contributed by atoms with van der Waals surface area (Å²) in [5.74, 6) is 0. The minimum Gasteiger partial charge on any atom is -0.398 e. The third-order valence-corrected chi connectivity index (χ3v) is 2.59. The summed E-state index contributed by atoms with van der Waals surface area (Å²) >= 11 is 5.79. The second-order valence-corrected chi connectivity index (χ2v) is 4.03. The number of aliphatic hydroxyl groups is 1. The fourth-order valence-corrected chi connectivity index (χ4v) is 1.71. The van der Waals surface area contributed by atoms with Crippen LogP contribution in [0, 0.1) is 0 Å². The summed E-state index contributed by atoms with van der Waals surface area (Å²) in [6.07, 6.45) is 0.948. The van der Waals surface area contributed by atoms with E-state index in [2.05, 4.69) is 5.10 Å². The predicted octanol–water partition coefficient (Wildman–Crippen LogP) is 1.74. The van der Waals surface area contributed by atoms with Gasteiger partial charge in [-0.2, -0.15) is 5.10 Å². The van der Waals surface area contributed by atoms with Crippen LogP contribution in [0.15, 0.2) is 30.5 Å². The van der Waals surface area contributed by atoms with Gasteiger partial charge in [0.2, 0.25) is 0 Å². The van der Waals surface area contributed by atoms with Crippen molar-refractivity contribution in [1.82, 2.24) is 9.78 Å². The highest BCUT2D eigenvalue weighted by molar-refractivity contribution is 6.30. The SMILES string of the molecule is Cn1ccc(C(O)c2ccc(Cl)cc2N)n1. The molecule has 0 saturated carbocycles. The number of hydrogen-bond acceptors (Lipinski definition) is 3. The van der Waals surface area contributed by atoms with E-state index in [0.29, 0.717) is 22.0 Å². The molecule has 0 aliphatic heterocycles. The first-order valence-corrected chi connectivity index (χ1v) is 5.18. The highest BCUT2D eigenvalue weighted by Crippen LogP contribution is 2.27. The van der Waals surface area contributed by atoms with Gasteiger partial charge in [0.25, 0.3) is 0 Å². The summed E-state index contributed by atoms with van der Waals surface area (Å²) in [7, 11) is 1.79. The van der Waals surface area contributed by atoms with Crippen LogP contribution in [-0.4, -0.2) is 14.9 Å². The number of nitrogens with two attached hydrogens (primary N) is 1. The molecule has 0 aliphatic rings. The number of hydrogen-bond donors (Lipinski definition) is 2. The summed E-state index contributed by atoms with van der Waals surface area (Å²) < 4.78 is 1.63. The van der Waals surface area contributed by atoms with E-state index in [1.165, 1.54) is 0 Å². The van der Waals surface area contributed by atoms with Crippen molar-refractivity contribution in [2.24, 2.45) is 7.05 Å². The second kappa shape index (κ2) is 4.15. The fraction of sp³-hybridized carbons (Fsp3) is 0.182.